The summed E-state index contributed by atoms with van der Waals surface area (Å²) in [5, 5.41) is 0. The van der Waals surface area contributed by atoms with Crippen molar-refractivity contribution in [1.82, 2.24) is 4.90 Å². The Morgan fingerprint density at radius 2 is 2.00 bits per heavy atom. The molecule has 24 heavy (non-hydrogen) atoms. The second-order valence-electron chi connectivity index (χ2n) is 6.87. The third kappa shape index (κ3) is 4.30. The van der Waals surface area contributed by atoms with Crippen molar-refractivity contribution in [2.45, 2.75) is 58.6 Å². The third-order valence-corrected chi connectivity index (χ3v) is 5.93. The Kier molecular flexibility index (Phi) is 5.96. The minimum absolute atomic E-state index is 0.0632. The van der Waals surface area contributed by atoms with Gasteiger partial charge in [-0.15, -0.1) is 11.3 Å². The Morgan fingerprint density at radius 3 is 2.58 bits per heavy atom. The summed E-state index contributed by atoms with van der Waals surface area (Å²) in [6.07, 6.45) is 1.96. The summed E-state index contributed by atoms with van der Waals surface area (Å²) in [6, 6.07) is 0.0632. The van der Waals surface area contributed by atoms with E-state index in [4.69, 9.17) is 9.47 Å². The summed E-state index contributed by atoms with van der Waals surface area (Å²) >= 11 is 4.98. The first-order chi connectivity index (χ1) is 11.1. The third-order valence-electron chi connectivity index (χ3n) is 3.92. The van der Waals surface area contributed by atoms with Gasteiger partial charge in [0.15, 0.2) is 0 Å². The number of carbonyl (C=O) groups is 2. The van der Waals surface area contributed by atoms with E-state index >= 15 is 0 Å². The predicted octanol–water partition coefficient (Wildman–Crippen LogP) is 4.41. The van der Waals surface area contributed by atoms with Gasteiger partial charge in [0, 0.05) is 13.1 Å². The van der Waals surface area contributed by atoms with E-state index in [0.29, 0.717) is 17.9 Å². The molecule has 0 N–H and O–H groups in total. The fraction of sp³-hybridized carbons (Fsp3) is 0.647. The van der Waals surface area contributed by atoms with Crippen molar-refractivity contribution in [2.24, 2.45) is 0 Å². The van der Waals surface area contributed by atoms with Crippen LogP contribution in [0.15, 0.2) is 3.79 Å². The molecule has 0 saturated heterocycles. The second kappa shape index (κ2) is 7.44. The predicted molar refractivity (Wildman–Crippen MR) is 97.8 cm³/mol. The van der Waals surface area contributed by atoms with E-state index in [-0.39, 0.29) is 18.1 Å². The van der Waals surface area contributed by atoms with Crippen molar-refractivity contribution in [2.75, 3.05) is 13.7 Å². The van der Waals surface area contributed by atoms with Crippen LogP contribution in [-0.4, -0.2) is 42.3 Å². The fourth-order valence-electron chi connectivity index (χ4n) is 2.76. The number of fused-ring (bicyclic) bond motifs is 1. The molecule has 1 atom stereocenters. The number of nitrogens with zero attached hydrogens (tertiary/aromatic N) is 1. The molecule has 1 aromatic heterocycles. The highest BCUT2D eigenvalue weighted by Gasteiger charge is 2.33. The van der Waals surface area contributed by atoms with Gasteiger partial charge in [-0.2, -0.15) is 0 Å². The molecule has 2 rings (SSSR count). The van der Waals surface area contributed by atoms with E-state index < -0.39 is 5.60 Å². The molecule has 7 heteroatoms. The van der Waals surface area contributed by atoms with Gasteiger partial charge in [0.1, 0.15) is 10.5 Å². The summed E-state index contributed by atoms with van der Waals surface area (Å²) in [5.41, 5.74) is 1.65. The molecule has 1 heterocycles. The number of carbonyl (C=O) groups excluding carboxylic acids is 2. The van der Waals surface area contributed by atoms with Crippen molar-refractivity contribution < 1.29 is 19.1 Å². The molecule has 0 saturated carbocycles. The average Bonchev–Trinajstić information content (AvgIpc) is 2.82. The Labute approximate surface area is 155 Å². The maximum absolute atomic E-state index is 12.3. The summed E-state index contributed by atoms with van der Waals surface area (Å²) < 4.78 is 11.5. The fourth-order valence-corrected chi connectivity index (χ4v) is 4.65. The molecular weight excluding hydrogens is 394 g/mol. The van der Waals surface area contributed by atoms with Crippen molar-refractivity contribution in [3.63, 3.8) is 0 Å². The summed E-state index contributed by atoms with van der Waals surface area (Å²) in [5.74, 6) is -0.261. The number of amides is 1. The summed E-state index contributed by atoms with van der Waals surface area (Å²) in [4.78, 5) is 26.7. The number of likely N-dealkylation sites (N-methyl/N-ethyl adjacent to an activating group) is 1. The standard InChI is InChI=1S/C17H24BrNO4S/c1-6-22-15(20)13-11-8-7-10(9-12(11)14(18)24-13)19(5)16(21)23-17(2,3)4/h10H,6-9H2,1-5H3. The smallest absolute Gasteiger partial charge is 0.410 e. The van der Waals surface area contributed by atoms with Gasteiger partial charge in [-0.05, 0) is 74.0 Å². The molecule has 1 amide bonds. The van der Waals surface area contributed by atoms with Crippen LogP contribution in [0.2, 0.25) is 0 Å². The number of hydrogen-bond donors (Lipinski definition) is 0. The van der Waals surface area contributed by atoms with Gasteiger partial charge < -0.3 is 14.4 Å². The number of halogens is 1. The molecule has 1 aliphatic rings. The highest BCUT2D eigenvalue weighted by molar-refractivity contribution is 9.11. The van der Waals surface area contributed by atoms with Gasteiger partial charge in [-0.1, -0.05) is 0 Å². The molecule has 0 radical (unpaired) electrons. The van der Waals surface area contributed by atoms with E-state index in [9.17, 15) is 9.59 Å². The molecule has 0 aliphatic heterocycles. The lowest BCUT2D eigenvalue weighted by Crippen LogP contribution is -2.43. The topological polar surface area (TPSA) is 55.8 Å². The van der Waals surface area contributed by atoms with Crippen LogP contribution in [0.1, 0.15) is 54.9 Å². The van der Waals surface area contributed by atoms with Crippen LogP contribution in [0.5, 0.6) is 0 Å². The Bertz CT molecular complexity index is 635. The molecule has 1 aromatic rings. The Morgan fingerprint density at radius 1 is 1.33 bits per heavy atom. The van der Waals surface area contributed by atoms with Gasteiger partial charge in [0.05, 0.1) is 10.4 Å². The number of thiophene rings is 1. The summed E-state index contributed by atoms with van der Waals surface area (Å²) in [7, 11) is 1.77. The Hall–Kier alpha value is -1.08. The number of esters is 1. The van der Waals surface area contributed by atoms with E-state index in [1.54, 1.807) is 18.9 Å². The number of hydrogen-bond acceptors (Lipinski definition) is 5. The van der Waals surface area contributed by atoms with Crippen LogP contribution in [0.3, 0.4) is 0 Å². The van der Waals surface area contributed by atoms with Crippen molar-refractivity contribution in [1.29, 1.82) is 0 Å². The molecule has 0 aromatic carbocycles. The molecule has 1 unspecified atom stereocenters. The minimum Gasteiger partial charge on any atom is -0.462 e. The number of ether oxygens (including phenoxy) is 2. The molecule has 1 aliphatic carbocycles. The quantitative estimate of drug-likeness (QED) is 0.683. The lowest BCUT2D eigenvalue weighted by Gasteiger charge is -2.33. The molecule has 134 valence electrons. The Balaban J connectivity index is 2.15. The molecule has 0 bridgehead atoms. The SMILES string of the molecule is CCOC(=O)c1sc(Br)c2c1CCC(N(C)C(=O)OC(C)(C)C)C2. The van der Waals surface area contributed by atoms with E-state index in [2.05, 4.69) is 15.9 Å². The largest absolute Gasteiger partial charge is 0.462 e. The van der Waals surface area contributed by atoms with Gasteiger partial charge in [-0.25, -0.2) is 9.59 Å². The zero-order valence-electron chi connectivity index (χ0n) is 14.8. The van der Waals surface area contributed by atoms with Gasteiger partial charge >= 0.3 is 12.1 Å². The molecule has 0 fully saturated rings. The monoisotopic (exact) mass is 417 g/mol. The zero-order valence-corrected chi connectivity index (χ0v) is 17.2. The van der Waals surface area contributed by atoms with E-state index in [1.165, 1.54) is 11.3 Å². The number of rotatable bonds is 3. The normalized spacial score (nSPS) is 17.2. The van der Waals surface area contributed by atoms with Gasteiger partial charge in [0.2, 0.25) is 0 Å². The van der Waals surface area contributed by atoms with Crippen LogP contribution in [0, 0.1) is 0 Å². The molecule has 5 nitrogen and oxygen atoms in total. The molecular formula is C17H24BrNO4S. The van der Waals surface area contributed by atoms with Crippen LogP contribution in [0.25, 0.3) is 0 Å². The van der Waals surface area contributed by atoms with Crippen LogP contribution in [-0.2, 0) is 22.3 Å². The maximum Gasteiger partial charge on any atom is 0.410 e. The summed E-state index contributed by atoms with van der Waals surface area (Å²) in [6.45, 7) is 7.75. The zero-order chi connectivity index (χ0) is 18.1. The first-order valence-electron chi connectivity index (χ1n) is 8.07. The van der Waals surface area contributed by atoms with Gasteiger partial charge in [-0.3, -0.25) is 0 Å². The van der Waals surface area contributed by atoms with Crippen molar-refractivity contribution >= 4 is 39.3 Å². The van der Waals surface area contributed by atoms with Gasteiger partial charge in [0.25, 0.3) is 0 Å². The second-order valence-corrected chi connectivity index (χ2v) is 9.21. The first kappa shape index (κ1) is 19.2. The average molecular weight is 418 g/mol. The van der Waals surface area contributed by atoms with Crippen LogP contribution in [0.4, 0.5) is 4.79 Å². The lowest BCUT2D eigenvalue weighted by atomic mass is 9.89. The highest BCUT2D eigenvalue weighted by Crippen LogP contribution is 2.39. The van der Waals surface area contributed by atoms with Crippen LogP contribution < -0.4 is 0 Å². The van der Waals surface area contributed by atoms with E-state index in [1.807, 2.05) is 20.8 Å². The minimum atomic E-state index is -0.509. The highest BCUT2D eigenvalue weighted by atomic mass is 79.9. The van der Waals surface area contributed by atoms with E-state index in [0.717, 1.165) is 27.8 Å². The molecule has 0 spiro atoms. The van der Waals surface area contributed by atoms with Crippen LogP contribution >= 0.6 is 27.3 Å². The maximum atomic E-state index is 12.3. The van der Waals surface area contributed by atoms with Crippen molar-refractivity contribution in [3.8, 4) is 0 Å². The first-order valence-corrected chi connectivity index (χ1v) is 9.68. The van der Waals surface area contributed by atoms with Crippen molar-refractivity contribution in [3.05, 3.63) is 19.8 Å². The lowest BCUT2D eigenvalue weighted by molar-refractivity contribution is 0.0209.